The summed E-state index contributed by atoms with van der Waals surface area (Å²) in [5.41, 5.74) is 0.341. The highest BCUT2D eigenvalue weighted by atomic mass is 32.2. The lowest BCUT2D eigenvalue weighted by Crippen LogP contribution is -2.55. The number of carboxylic acids is 1. The molecule has 1 fully saturated rings. The molecule has 1 atom stereocenters. The minimum absolute atomic E-state index is 0.0497. The van der Waals surface area contributed by atoms with E-state index in [1.807, 2.05) is 0 Å². The number of sulfonamides is 1. The Morgan fingerprint density at radius 2 is 1.86 bits per heavy atom. The van der Waals surface area contributed by atoms with Gasteiger partial charge in [-0.1, -0.05) is 6.07 Å². The summed E-state index contributed by atoms with van der Waals surface area (Å²) in [5, 5.41) is 8.97. The predicted molar refractivity (Wildman–Crippen MR) is 80.3 cm³/mol. The van der Waals surface area contributed by atoms with Crippen LogP contribution < -0.4 is 0 Å². The number of carbonyl (C=O) groups is 2. The molecule has 120 valence electrons. The molecule has 2 rings (SSSR count). The molecule has 0 spiro atoms. The number of amides is 1. The van der Waals surface area contributed by atoms with Crippen LogP contribution in [0.15, 0.2) is 24.3 Å². The summed E-state index contributed by atoms with van der Waals surface area (Å²) >= 11 is 0. The smallest absolute Gasteiger partial charge is 0.335 e. The lowest BCUT2D eigenvalue weighted by Gasteiger charge is -2.38. The van der Waals surface area contributed by atoms with Crippen molar-refractivity contribution < 1.29 is 23.1 Å². The number of nitrogens with zero attached hydrogens (tertiary/aromatic N) is 2. The molecule has 0 saturated carbocycles. The highest BCUT2D eigenvalue weighted by molar-refractivity contribution is 7.88. The van der Waals surface area contributed by atoms with Gasteiger partial charge in [0.2, 0.25) is 10.0 Å². The summed E-state index contributed by atoms with van der Waals surface area (Å²) in [6.45, 7) is 2.55. The molecule has 1 aliphatic rings. The molecule has 0 unspecified atom stereocenters. The van der Waals surface area contributed by atoms with Gasteiger partial charge in [0.05, 0.1) is 11.8 Å². The van der Waals surface area contributed by atoms with E-state index in [0.29, 0.717) is 5.56 Å². The molecule has 1 aliphatic heterocycles. The highest BCUT2D eigenvalue weighted by Gasteiger charge is 2.32. The van der Waals surface area contributed by atoms with E-state index < -0.39 is 16.0 Å². The summed E-state index contributed by atoms with van der Waals surface area (Å²) in [4.78, 5) is 24.9. The van der Waals surface area contributed by atoms with Gasteiger partial charge in [-0.25, -0.2) is 13.2 Å². The average molecular weight is 326 g/mol. The molecule has 1 N–H and O–H groups in total. The van der Waals surface area contributed by atoms with Crippen LogP contribution in [-0.2, 0) is 10.0 Å². The van der Waals surface area contributed by atoms with Crippen LogP contribution >= 0.6 is 0 Å². The first-order chi connectivity index (χ1) is 10.2. The Kier molecular flexibility index (Phi) is 4.52. The van der Waals surface area contributed by atoms with Gasteiger partial charge in [-0.2, -0.15) is 4.31 Å². The van der Waals surface area contributed by atoms with E-state index in [1.54, 1.807) is 17.9 Å². The van der Waals surface area contributed by atoms with Gasteiger partial charge in [-0.15, -0.1) is 0 Å². The van der Waals surface area contributed by atoms with Crippen LogP contribution in [0.5, 0.6) is 0 Å². The van der Waals surface area contributed by atoms with E-state index >= 15 is 0 Å². The van der Waals surface area contributed by atoms with Crippen molar-refractivity contribution in [1.29, 1.82) is 0 Å². The second kappa shape index (κ2) is 6.05. The molecule has 1 amide bonds. The third-order valence-corrected chi connectivity index (χ3v) is 5.03. The first-order valence-corrected chi connectivity index (χ1v) is 8.64. The number of hydrogen-bond donors (Lipinski definition) is 1. The highest BCUT2D eigenvalue weighted by Crippen LogP contribution is 2.16. The molecule has 1 saturated heterocycles. The number of aromatic carboxylic acids is 1. The molecule has 0 aromatic heterocycles. The lowest BCUT2D eigenvalue weighted by molar-refractivity contribution is 0.0643. The molecule has 7 nitrogen and oxygen atoms in total. The Labute approximate surface area is 129 Å². The molecule has 1 heterocycles. The third kappa shape index (κ3) is 3.45. The van der Waals surface area contributed by atoms with Crippen LogP contribution in [0.3, 0.4) is 0 Å². The Bertz CT molecular complexity index is 701. The Morgan fingerprint density at radius 3 is 2.41 bits per heavy atom. The van der Waals surface area contributed by atoms with E-state index in [0.717, 1.165) is 6.26 Å². The van der Waals surface area contributed by atoms with Crippen LogP contribution in [-0.4, -0.2) is 66.5 Å². The molecule has 1 aromatic rings. The SMILES string of the molecule is C[C@H]1CN(C(=O)c2cccc(C(=O)O)c2)CCN1S(C)(=O)=O. The van der Waals surface area contributed by atoms with Crippen molar-refractivity contribution in [3.63, 3.8) is 0 Å². The molecule has 22 heavy (non-hydrogen) atoms. The minimum Gasteiger partial charge on any atom is -0.478 e. The quantitative estimate of drug-likeness (QED) is 0.872. The second-order valence-corrected chi connectivity index (χ2v) is 7.29. The van der Waals surface area contributed by atoms with Crippen LogP contribution in [0.1, 0.15) is 27.6 Å². The molecule has 1 aromatic carbocycles. The monoisotopic (exact) mass is 326 g/mol. The van der Waals surface area contributed by atoms with Crippen molar-refractivity contribution in [3.8, 4) is 0 Å². The van der Waals surface area contributed by atoms with Gasteiger partial charge in [0.15, 0.2) is 0 Å². The van der Waals surface area contributed by atoms with Gasteiger partial charge < -0.3 is 10.0 Å². The minimum atomic E-state index is -3.29. The van der Waals surface area contributed by atoms with Crippen molar-refractivity contribution in [2.24, 2.45) is 0 Å². The maximum absolute atomic E-state index is 12.4. The van der Waals surface area contributed by atoms with Crippen molar-refractivity contribution in [1.82, 2.24) is 9.21 Å². The number of hydrogen-bond acceptors (Lipinski definition) is 4. The van der Waals surface area contributed by atoms with Gasteiger partial charge in [-0.05, 0) is 25.1 Å². The molecular weight excluding hydrogens is 308 g/mol. The average Bonchev–Trinajstić information content (AvgIpc) is 2.45. The molecule has 0 radical (unpaired) electrons. The lowest BCUT2D eigenvalue weighted by atomic mass is 10.1. The zero-order chi connectivity index (χ0) is 16.5. The summed E-state index contributed by atoms with van der Waals surface area (Å²) < 4.78 is 24.6. The fraction of sp³-hybridized carbons (Fsp3) is 0.429. The Balaban J connectivity index is 2.15. The second-order valence-electron chi connectivity index (χ2n) is 5.36. The maximum Gasteiger partial charge on any atom is 0.335 e. The van der Waals surface area contributed by atoms with Gasteiger partial charge >= 0.3 is 5.97 Å². The number of carboxylic acid groups (broad SMARTS) is 1. The summed E-state index contributed by atoms with van der Waals surface area (Å²) in [6, 6.07) is 5.52. The van der Waals surface area contributed by atoms with Crippen LogP contribution in [0, 0.1) is 0 Å². The van der Waals surface area contributed by atoms with Crippen molar-refractivity contribution in [2.75, 3.05) is 25.9 Å². The van der Waals surface area contributed by atoms with E-state index in [9.17, 15) is 18.0 Å². The van der Waals surface area contributed by atoms with E-state index in [2.05, 4.69) is 0 Å². The van der Waals surface area contributed by atoms with Gasteiger partial charge in [0, 0.05) is 31.2 Å². The van der Waals surface area contributed by atoms with Crippen LogP contribution in [0.25, 0.3) is 0 Å². The van der Waals surface area contributed by atoms with Gasteiger partial charge in [0.1, 0.15) is 0 Å². The van der Waals surface area contributed by atoms with E-state index in [-0.39, 0.29) is 37.1 Å². The third-order valence-electron chi connectivity index (χ3n) is 3.64. The van der Waals surface area contributed by atoms with Gasteiger partial charge in [-0.3, -0.25) is 4.79 Å². The zero-order valence-corrected chi connectivity index (χ0v) is 13.2. The largest absolute Gasteiger partial charge is 0.478 e. The molecule has 0 bridgehead atoms. The zero-order valence-electron chi connectivity index (χ0n) is 12.4. The van der Waals surface area contributed by atoms with Crippen molar-refractivity contribution in [3.05, 3.63) is 35.4 Å². The molecular formula is C14H18N2O5S. The van der Waals surface area contributed by atoms with Crippen LogP contribution in [0.2, 0.25) is 0 Å². The number of benzene rings is 1. The normalized spacial score (nSPS) is 19.9. The first kappa shape index (κ1) is 16.4. The summed E-state index contributed by atoms with van der Waals surface area (Å²) in [5.74, 6) is -1.38. The molecule has 8 heteroatoms. The number of piperazine rings is 1. The van der Waals surface area contributed by atoms with Crippen molar-refractivity contribution >= 4 is 21.9 Å². The predicted octanol–water partition coefficient (Wildman–Crippen LogP) is 0.491. The Hall–Kier alpha value is -1.93. The molecule has 0 aliphatic carbocycles. The fourth-order valence-corrected chi connectivity index (χ4v) is 3.72. The number of carbonyl (C=O) groups excluding carboxylic acids is 1. The fourth-order valence-electron chi connectivity index (χ4n) is 2.59. The van der Waals surface area contributed by atoms with Crippen molar-refractivity contribution in [2.45, 2.75) is 13.0 Å². The first-order valence-electron chi connectivity index (χ1n) is 6.79. The standard InChI is InChI=1S/C14H18N2O5S/c1-10-9-15(6-7-16(10)22(2,20)21)13(17)11-4-3-5-12(8-11)14(18)19/h3-5,8,10H,6-7,9H2,1-2H3,(H,18,19)/t10-/m0/s1. The van der Waals surface area contributed by atoms with E-state index in [4.69, 9.17) is 5.11 Å². The maximum atomic E-state index is 12.4. The topological polar surface area (TPSA) is 95.0 Å². The van der Waals surface area contributed by atoms with Crippen LogP contribution in [0.4, 0.5) is 0 Å². The number of rotatable bonds is 3. The Morgan fingerprint density at radius 1 is 1.23 bits per heavy atom. The summed E-state index contributed by atoms with van der Waals surface area (Å²) in [7, 11) is -3.29. The van der Waals surface area contributed by atoms with Gasteiger partial charge in [0.25, 0.3) is 5.91 Å². The summed E-state index contributed by atoms with van der Waals surface area (Å²) in [6.07, 6.45) is 1.15. The van der Waals surface area contributed by atoms with E-state index in [1.165, 1.54) is 22.5 Å².